The molecule has 0 unspecified atom stereocenters. The Labute approximate surface area is 110 Å². The van der Waals surface area contributed by atoms with Crippen molar-refractivity contribution in [1.29, 1.82) is 0 Å². The molecule has 2 nitrogen and oxygen atoms in total. The van der Waals surface area contributed by atoms with Gasteiger partial charge in [-0.3, -0.25) is 0 Å². The first-order valence-corrected chi connectivity index (χ1v) is 6.71. The normalized spacial score (nSPS) is 10.5. The summed E-state index contributed by atoms with van der Waals surface area (Å²) in [4.78, 5) is 0. The van der Waals surface area contributed by atoms with E-state index in [0.29, 0.717) is 10.7 Å². The Morgan fingerprint density at radius 3 is 2.65 bits per heavy atom. The number of rotatable bonds is 3. The highest BCUT2D eigenvalue weighted by Crippen LogP contribution is 2.27. The average molecular weight is 267 g/mol. The number of nitrogens with one attached hydrogen (secondary N) is 1. The standard InChI is InChI=1S/C13H15ClN2S/c1-8-3-12(15)11(14)4-13(8)16-5-10-7-17-6-9(10)2/h3-4,6-7,16H,5,15H2,1-2H3. The lowest BCUT2D eigenvalue weighted by Gasteiger charge is -2.11. The van der Waals surface area contributed by atoms with Crippen molar-refractivity contribution in [3.05, 3.63) is 44.6 Å². The molecular weight excluding hydrogens is 252 g/mol. The van der Waals surface area contributed by atoms with E-state index >= 15 is 0 Å². The first-order chi connectivity index (χ1) is 8.08. The molecule has 0 spiro atoms. The fourth-order valence-corrected chi connectivity index (χ4v) is 2.67. The van der Waals surface area contributed by atoms with Gasteiger partial charge in [0.05, 0.1) is 10.7 Å². The van der Waals surface area contributed by atoms with Crippen LogP contribution in [-0.2, 0) is 6.54 Å². The number of nitrogen functional groups attached to an aromatic ring is 1. The minimum absolute atomic E-state index is 0.597. The highest BCUT2D eigenvalue weighted by molar-refractivity contribution is 7.08. The van der Waals surface area contributed by atoms with Crippen LogP contribution in [0.3, 0.4) is 0 Å². The van der Waals surface area contributed by atoms with Gasteiger partial charge in [-0.05, 0) is 53.4 Å². The maximum atomic E-state index is 6.01. The predicted molar refractivity (Wildman–Crippen MR) is 77.0 cm³/mol. The monoisotopic (exact) mass is 266 g/mol. The topological polar surface area (TPSA) is 38.0 Å². The fraction of sp³-hybridized carbons (Fsp3) is 0.231. The van der Waals surface area contributed by atoms with Gasteiger partial charge in [-0.15, -0.1) is 0 Å². The van der Waals surface area contributed by atoms with Crippen LogP contribution in [0.15, 0.2) is 22.9 Å². The van der Waals surface area contributed by atoms with Gasteiger partial charge in [-0.25, -0.2) is 0 Å². The van der Waals surface area contributed by atoms with Crippen molar-refractivity contribution in [2.24, 2.45) is 0 Å². The zero-order chi connectivity index (χ0) is 12.4. The zero-order valence-electron chi connectivity index (χ0n) is 9.88. The second-order valence-electron chi connectivity index (χ2n) is 4.12. The maximum Gasteiger partial charge on any atom is 0.0656 e. The summed E-state index contributed by atoms with van der Waals surface area (Å²) in [6.45, 7) is 4.96. The third-order valence-corrected chi connectivity index (χ3v) is 4.01. The van der Waals surface area contributed by atoms with Crippen LogP contribution in [0.2, 0.25) is 5.02 Å². The van der Waals surface area contributed by atoms with Crippen LogP contribution in [0.5, 0.6) is 0 Å². The van der Waals surface area contributed by atoms with Crippen molar-refractivity contribution in [3.8, 4) is 0 Å². The van der Waals surface area contributed by atoms with Gasteiger partial charge >= 0.3 is 0 Å². The summed E-state index contributed by atoms with van der Waals surface area (Å²) in [5, 5.41) is 8.30. The lowest BCUT2D eigenvalue weighted by Crippen LogP contribution is -2.02. The van der Waals surface area contributed by atoms with Gasteiger partial charge in [0.1, 0.15) is 0 Å². The Morgan fingerprint density at radius 2 is 2.00 bits per heavy atom. The fourth-order valence-electron chi connectivity index (χ4n) is 1.65. The Hall–Kier alpha value is -1.19. The Morgan fingerprint density at radius 1 is 1.24 bits per heavy atom. The molecule has 0 fully saturated rings. The second-order valence-corrected chi connectivity index (χ2v) is 5.27. The molecule has 0 aliphatic heterocycles. The third-order valence-electron chi connectivity index (χ3n) is 2.77. The van der Waals surface area contributed by atoms with Crippen molar-refractivity contribution in [1.82, 2.24) is 0 Å². The van der Waals surface area contributed by atoms with E-state index in [1.54, 1.807) is 11.3 Å². The number of nitrogens with two attached hydrogens (primary N) is 1. The highest BCUT2D eigenvalue weighted by atomic mass is 35.5. The van der Waals surface area contributed by atoms with Gasteiger partial charge in [0, 0.05) is 12.2 Å². The highest BCUT2D eigenvalue weighted by Gasteiger charge is 2.04. The molecule has 0 saturated carbocycles. The SMILES string of the molecule is Cc1cscc1CNc1cc(Cl)c(N)cc1C. The number of benzene rings is 1. The maximum absolute atomic E-state index is 6.01. The van der Waals surface area contributed by atoms with Crippen LogP contribution < -0.4 is 11.1 Å². The van der Waals surface area contributed by atoms with Crippen LogP contribution in [-0.4, -0.2) is 0 Å². The van der Waals surface area contributed by atoms with E-state index in [9.17, 15) is 0 Å². The van der Waals surface area contributed by atoms with Gasteiger partial charge in [0.25, 0.3) is 0 Å². The molecule has 0 amide bonds. The van der Waals surface area contributed by atoms with Crippen LogP contribution in [0, 0.1) is 13.8 Å². The Kier molecular flexibility index (Phi) is 3.60. The summed E-state index contributed by atoms with van der Waals surface area (Å²) >= 11 is 7.74. The lowest BCUT2D eigenvalue weighted by atomic mass is 10.1. The number of hydrogen-bond acceptors (Lipinski definition) is 3. The summed E-state index contributed by atoms with van der Waals surface area (Å²) < 4.78 is 0. The van der Waals surface area contributed by atoms with Crippen molar-refractivity contribution < 1.29 is 0 Å². The molecule has 3 N–H and O–H groups in total. The molecule has 0 radical (unpaired) electrons. The molecule has 0 atom stereocenters. The van der Waals surface area contributed by atoms with Crippen molar-refractivity contribution in [2.45, 2.75) is 20.4 Å². The molecule has 90 valence electrons. The summed E-state index contributed by atoms with van der Waals surface area (Å²) in [7, 11) is 0. The molecule has 2 rings (SSSR count). The Bertz CT molecular complexity index is 534. The van der Waals surface area contributed by atoms with E-state index in [0.717, 1.165) is 17.8 Å². The molecule has 0 aliphatic rings. The zero-order valence-corrected chi connectivity index (χ0v) is 11.5. The lowest BCUT2D eigenvalue weighted by molar-refractivity contribution is 1.13. The van der Waals surface area contributed by atoms with Gasteiger partial charge < -0.3 is 11.1 Å². The van der Waals surface area contributed by atoms with Gasteiger partial charge in [0.2, 0.25) is 0 Å². The summed E-state index contributed by atoms with van der Waals surface area (Å²) in [5.74, 6) is 0. The smallest absolute Gasteiger partial charge is 0.0656 e. The minimum atomic E-state index is 0.597. The van der Waals surface area contributed by atoms with Gasteiger partial charge in [0.15, 0.2) is 0 Å². The third kappa shape index (κ3) is 2.73. The second kappa shape index (κ2) is 4.98. The molecule has 0 saturated heterocycles. The van der Waals surface area contributed by atoms with Gasteiger partial charge in [-0.1, -0.05) is 11.6 Å². The number of anilines is 2. The number of halogens is 1. The molecule has 4 heteroatoms. The van der Waals surface area contributed by atoms with Crippen LogP contribution in [0.25, 0.3) is 0 Å². The first-order valence-electron chi connectivity index (χ1n) is 5.39. The van der Waals surface area contributed by atoms with E-state index in [4.69, 9.17) is 17.3 Å². The van der Waals surface area contributed by atoms with Crippen LogP contribution >= 0.6 is 22.9 Å². The summed E-state index contributed by atoms with van der Waals surface area (Å²) in [6, 6.07) is 3.78. The number of hydrogen-bond donors (Lipinski definition) is 2. The average Bonchev–Trinajstić information content (AvgIpc) is 2.68. The van der Waals surface area contributed by atoms with E-state index < -0.39 is 0 Å². The van der Waals surface area contributed by atoms with E-state index in [2.05, 4.69) is 23.0 Å². The van der Waals surface area contributed by atoms with E-state index in [1.807, 2.05) is 19.1 Å². The molecule has 0 aliphatic carbocycles. The van der Waals surface area contributed by atoms with E-state index in [-0.39, 0.29) is 0 Å². The largest absolute Gasteiger partial charge is 0.398 e. The molecule has 17 heavy (non-hydrogen) atoms. The number of thiophene rings is 1. The molecule has 0 bridgehead atoms. The molecular formula is C13H15ClN2S. The van der Waals surface area contributed by atoms with Crippen LogP contribution in [0.4, 0.5) is 11.4 Å². The van der Waals surface area contributed by atoms with Gasteiger partial charge in [-0.2, -0.15) is 11.3 Å². The Balaban J connectivity index is 2.14. The quantitative estimate of drug-likeness (QED) is 0.817. The first kappa shape index (κ1) is 12.3. The molecule has 1 heterocycles. The van der Waals surface area contributed by atoms with Crippen LogP contribution in [0.1, 0.15) is 16.7 Å². The van der Waals surface area contributed by atoms with Crippen molar-refractivity contribution in [2.75, 3.05) is 11.1 Å². The summed E-state index contributed by atoms with van der Waals surface area (Å²) in [5.41, 5.74) is 11.2. The molecule has 2 aromatic rings. The predicted octanol–water partition coefficient (Wildman–Crippen LogP) is 4.21. The number of aryl methyl sites for hydroxylation is 2. The molecule has 1 aromatic heterocycles. The minimum Gasteiger partial charge on any atom is -0.398 e. The summed E-state index contributed by atoms with van der Waals surface area (Å²) in [6.07, 6.45) is 0. The van der Waals surface area contributed by atoms with Crippen molar-refractivity contribution >= 4 is 34.3 Å². The van der Waals surface area contributed by atoms with E-state index in [1.165, 1.54) is 11.1 Å². The van der Waals surface area contributed by atoms with Crippen molar-refractivity contribution in [3.63, 3.8) is 0 Å². The molecule has 1 aromatic carbocycles.